The average molecular weight is 206 g/mol. The van der Waals surface area contributed by atoms with Crippen LogP contribution in [-0.2, 0) is 0 Å². The van der Waals surface area contributed by atoms with Crippen LogP contribution in [0.5, 0.6) is 0 Å². The van der Waals surface area contributed by atoms with E-state index in [2.05, 4.69) is 43.0 Å². The molecule has 16 heavy (non-hydrogen) atoms. The first-order valence-electron chi connectivity index (χ1n) is 5.35. The summed E-state index contributed by atoms with van der Waals surface area (Å²) in [5.41, 5.74) is 3.57. The van der Waals surface area contributed by atoms with Crippen molar-refractivity contribution >= 4 is 18.2 Å². The van der Waals surface area contributed by atoms with Gasteiger partial charge >= 0.3 is 0 Å². The van der Waals surface area contributed by atoms with Gasteiger partial charge in [0.25, 0.3) is 0 Å². The average Bonchev–Trinajstić information content (AvgIpc) is 2.38. The first-order chi connectivity index (χ1) is 7.90. The van der Waals surface area contributed by atoms with Crippen LogP contribution < -0.4 is 0 Å². The number of benzene rings is 2. The first kappa shape index (κ1) is 10.4. The summed E-state index contributed by atoms with van der Waals surface area (Å²) in [6.07, 6.45) is 6.11. The third-order valence-electron chi connectivity index (χ3n) is 2.47. The molecule has 2 rings (SSSR count). The van der Waals surface area contributed by atoms with Crippen LogP contribution in [0, 0.1) is 0 Å². The molecule has 0 heteroatoms. The van der Waals surface area contributed by atoms with Crippen molar-refractivity contribution in [2.24, 2.45) is 0 Å². The molecule has 0 atom stereocenters. The maximum absolute atomic E-state index is 3.81. The monoisotopic (exact) mass is 206 g/mol. The van der Waals surface area contributed by atoms with Crippen molar-refractivity contribution in [2.75, 3.05) is 0 Å². The van der Waals surface area contributed by atoms with E-state index in [4.69, 9.17) is 0 Å². The van der Waals surface area contributed by atoms with E-state index in [9.17, 15) is 0 Å². The van der Waals surface area contributed by atoms with Gasteiger partial charge in [0.15, 0.2) is 0 Å². The van der Waals surface area contributed by atoms with Crippen molar-refractivity contribution < 1.29 is 0 Å². The fourth-order valence-corrected chi connectivity index (χ4v) is 1.60. The van der Waals surface area contributed by atoms with E-state index in [1.807, 2.05) is 36.4 Å². The van der Waals surface area contributed by atoms with E-state index in [0.29, 0.717) is 0 Å². The summed E-state index contributed by atoms with van der Waals surface area (Å²) < 4.78 is 0. The summed E-state index contributed by atoms with van der Waals surface area (Å²) in [6.45, 7) is 3.81. The van der Waals surface area contributed by atoms with E-state index in [1.54, 1.807) is 0 Å². The van der Waals surface area contributed by atoms with Crippen LogP contribution in [-0.4, -0.2) is 0 Å². The van der Waals surface area contributed by atoms with Crippen molar-refractivity contribution in [2.45, 2.75) is 0 Å². The SMILES string of the molecule is C=Cc1ccccc1/C=C\c1ccccc1. The zero-order valence-corrected chi connectivity index (χ0v) is 9.14. The third-order valence-corrected chi connectivity index (χ3v) is 2.47. The van der Waals surface area contributed by atoms with Crippen LogP contribution in [0.25, 0.3) is 18.2 Å². The highest BCUT2D eigenvalue weighted by Gasteiger charge is 1.92. The van der Waals surface area contributed by atoms with Crippen molar-refractivity contribution in [3.05, 3.63) is 77.9 Å². The van der Waals surface area contributed by atoms with Crippen LogP contribution in [0.15, 0.2) is 61.2 Å². The summed E-state index contributed by atoms with van der Waals surface area (Å²) >= 11 is 0. The molecule has 0 unspecified atom stereocenters. The molecular formula is C16H14. The molecule has 0 nitrogen and oxygen atoms in total. The minimum Gasteiger partial charge on any atom is -0.0984 e. The van der Waals surface area contributed by atoms with E-state index in [1.165, 1.54) is 11.1 Å². The molecule has 0 heterocycles. The molecule has 0 aliphatic carbocycles. The van der Waals surface area contributed by atoms with Crippen LogP contribution in [0.3, 0.4) is 0 Å². The topological polar surface area (TPSA) is 0 Å². The molecule has 0 spiro atoms. The molecule has 0 saturated heterocycles. The Kier molecular flexibility index (Phi) is 3.35. The summed E-state index contributed by atoms with van der Waals surface area (Å²) in [5, 5.41) is 0. The van der Waals surface area contributed by atoms with Gasteiger partial charge in [-0.15, -0.1) is 0 Å². The Labute approximate surface area is 96.6 Å². The van der Waals surface area contributed by atoms with Gasteiger partial charge in [0.1, 0.15) is 0 Å². The maximum atomic E-state index is 3.81. The molecule has 0 aliphatic heterocycles. The smallest absolute Gasteiger partial charge is 0.0184 e. The molecule has 0 aromatic heterocycles. The van der Waals surface area contributed by atoms with Crippen molar-refractivity contribution in [1.82, 2.24) is 0 Å². The molecular weight excluding hydrogens is 192 g/mol. The second-order valence-corrected chi connectivity index (χ2v) is 3.58. The lowest BCUT2D eigenvalue weighted by atomic mass is 10.1. The van der Waals surface area contributed by atoms with Crippen molar-refractivity contribution in [3.63, 3.8) is 0 Å². The van der Waals surface area contributed by atoms with Crippen LogP contribution in [0.1, 0.15) is 16.7 Å². The van der Waals surface area contributed by atoms with E-state index < -0.39 is 0 Å². The zero-order valence-electron chi connectivity index (χ0n) is 9.14. The normalized spacial score (nSPS) is 10.5. The van der Waals surface area contributed by atoms with Crippen LogP contribution >= 0.6 is 0 Å². The van der Waals surface area contributed by atoms with Gasteiger partial charge in [0.05, 0.1) is 0 Å². The highest BCUT2D eigenvalue weighted by molar-refractivity contribution is 5.74. The quantitative estimate of drug-likeness (QED) is 0.648. The standard InChI is InChI=1S/C16H14/c1-2-15-10-6-7-11-16(15)13-12-14-8-4-3-5-9-14/h2-13H,1H2/b13-12-. The van der Waals surface area contributed by atoms with E-state index in [0.717, 1.165) is 5.56 Å². The molecule has 0 aliphatic rings. The second kappa shape index (κ2) is 5.13. The lowest BCUT2D eigenvalue weighted by molar-refractivity contribution is 1.61. The fraction of sp³-hybridized carbons (Fsp3) is 0. The summed E-state index contributed by atoms with van der Waals surface area (Å²) in [7, 11) is 0. The zero-order chi connectivity index (χ0) is 11.2. The van der Waals surface area contributed by atoms with Gasteiger partial charge in [-0.2, -0.15) is 0 Å². The van der Waals surface area contributed by atoms with Crippen molar-refractivity contribution in [1.29, 1.82) is 0 Å². The minimum atomic E-state index is 1.16. The summed E-state index contributed by atoms with van der Waals surface area (Å²) in [5.74, 6) is 0. The molecule has 78 valence electrons. The van der Waals surface area contributed by atoms with Gasteiger partial charge in [0, 0.05) is 0 Å². The van der Waals surface area contributed by atoms with Crippen molar-refractivity contribution in [3.8, 4) is 0 Å². The highest BCUT2D eigenvalue weighted by atomic mass is 14.0. The van der Waals surface area contributed by atoms with E-state index >= 15 is 0 Å². The summed E-state index contributed by atoms with van der Waals surface area (Å²) in [6, 6.07) is 18.5. The minimum absolute atomic E-state index is 1.16. The number of hydrogen-bond donors (Lipinski definition) is 0. The maximum Gasteiger partial charge on any atom is -0.0184 e. The second-order valence-electron chi connectivity index (χ2n) is 3.58. The highest BCUT2D eigenvalue weighted by Crippen LogP contribution is 2.13. The molecule has 2 aromatic rings. The predicted molar refractivity (Wildman–Crippen MR) is 71.9 cm³/mol. The van der Waals surface area contributed by atoms with Gasteiger partial charge in [0.2, 0.25) is 0 Å². The fourth-order valence-electron chi connectivity index (χ4n) is 1.60. The molecule has 2 aromatic carbocycles. The van der Waals surface area contributed by atoms with Gasteiger partial charge < -0.3 is 0 Å². The Morgan fingerprint density at radius 1 is 0.688 bits per heavy atom. The number of rotatable bonds is 3. The Bertz CT molecular complexity index is 492. The first-order valence-corrected chi connectivity index (χ1v) is 5.35. The lowest BCUT2D eigenvalue weighted by Crippen LogP contribution is -1.78. The molecule has 0 amide bonds. The lowest BCUT2D eigenvalue weighted by Gasteiger charge is -1.99. The third kappa shape index (κ3) is 2.48. The Hall–Kier alpha value is -2.08. The van der Waals surface area contributed by atoms with Crippen LogP contribution in [0.4, 0.5) is 0 Å². The Morgan fingerprint density at radius 2 is 1.31 bits per heavy atom. The molecule has 0 fully saturated rings. The number of hydrogen-bond acceptors (Lipinski definition) is 0. The molecule has 0 saturated carbocycles. The molecule has 0 radical (unpaired) electrons. The van der Waals surface area contributed by atoms with Gasteiger partial charge in [-0.05, 0) is 16.7 Å². The Balaban J connectivity index is 2.27. The summed E-state index contributed by atoms with van der Waals surface area (Å²) in [4.78, 5) is 0. The van der Waals surface area contributed by atoms with Gasteiger partial charge in [-0.1, -0.05) is 79.4 Å². The van der Waals surface area contributed by atoms with E-state index in [-0.39, 0.29) is 0 Å². The molecule has 0 bridgehead atoms. The Morgan fingerprint density at radius 3 is 2.00 bits per heavy atom. The predicted octanol–water partition coefficient (Wildman–Crippen LogP) is 4.50. The van der Waals surface area contributed by atoms with Crippen LogP contribution in [0.2, 0.25) is 0 Å². The largest absolute Gasteiger partial charge is 0.0984 e. The van der Waals surface area contributed by atoms with Gasteiger partial charge in [-0.25, -0.2) is 0 Å². The van der Waals surface area contributed by atoms with Gasteiger partial charge in [-0.3, -0.25) is 0 Å². The molecule has 0 N–H and O–H groups in total.